The minimum absolute atomic E-state index is 0.118. The standard InChI is InChI=1S/C27H26N2O4S/c1-33-24-14-11-21(12-15-24)19-28-27(30)26(17-20-7-3-2-4-8-20)29-34(31,32)25-16-13-22-9-5-6-10-23(22)18-25/h2-16,18,26,29H,17,19H2,1H3,(H,28,30). The Labute approximate surface area is 199 Å². The Balaban J connectivity index is 1.54. The van der Waals surface area contributed by atoms with Crippen LogP contribution in [0.1, 0.15) is 11.1 Å². The van der Waals surface area contributed by atoms with E-state index in [1.165, 1.54) is 0 Å². The Hall–Kier alpha value is -3.68. The van der Waals surface area contributed by atoms with Gasteiger partial charge in [-0.2, -0.15) is 4.72 Å². The Morgan fingerprint density at radius 2 is 1.50 bits per heavy atom. The van der Waals surface area contributed by atoms with Gasteiger partial charge in [-0.1, -0.05) is 72.8 Å². The van der Waals surface area contributed by atoms with E-state index in [1.807, 2.05) is 78.9 Å². The highest BCUT2D eigenvalue weighted by Gasteiger charge is 2.26. The Morgan fingerprint density at radius 3 is 2.21 bits per heavy atom. The van der Waals surface area contributed by atoms with Crippen molar-refractivity contribution in [1.82, 2.24) is 10.0 Å². The molecular weight excluding hydrogens is 448 g/mol. The molecule has 0 spiro atoms. The van der Waals surface area contributed by atoms with E-state index in [9.17, 15) is 13.2 Å². The SMILES string of the molecule is COc1ccc(CNC(=O)C(Cc2ccccc2)NS(=O)(=O)c2ccc3ccccc3c2)cc1. The third-order valence-corrected chi connectivity index (χ3v) is 7.02. The molecule has 0 bridgehead atoms. The fourth-order valence-corrected chi connectivity index (χ4v) is 4.91. The van der Waals surface area contributed by atoms with Crippen LogP contribution in [0.4, 0.5) is 0 Å². The van der Waals surface area contributed by atoms with Crippen molar-refractivity contribution in [2.24, 2.45) is 0 Å². The van der Waals surface area contributed by atoms with Crippen molar-refractivity contribution in [3.63, 3.8) is 0 Å². The van der Waals surface area contributed by atoms with Crippen molar-refractivity contribution in [3.05, 3.63) is 108 Å². The van der Waals surface area contributed by atoms with Crippen molar-refractivity contribution in [1.29, 1.82) is 0 Å². The van der Waals surface area contributed by atoms with E-state index in [4.69, 9.17) is 4.74 Å². The zero-order valence-corrected chi connectivity index (χ0v) is 19.6. The summed E-state index contributed by atoms with van der Waals surface area (Å²) in [6.07, 6.45) is 0.224. The van der Waals surface area contributed by atoms with E-state index in [2.05, 4.69) is 10.0 Å². The predicted molar refractivity (Wildman–Crippen MR) is 133 cm³/mol. The van der Waals surface area contributed by atoms with Gasteiger partial charge in [0, 0.05) is 6.54 Å². The first-order valence-electron chi connectivity index (χ1n) is 10.9. The summed E-state index contributed by atoms with van der Waals surface area (Å²) in [5.41, 5.74) is 1.73. The van der Waals surface area contributed by atoms with Crippen LogP contribution in [0.5, 0.6) is 5.75 Å². The fraction of sp³-hybridized carbons (Fsp3) is 0.148. The minimum atomic E-state index is -3.94. The Kier molecular flexibility index (Phi) is 7.25. The predicted octanol–water partition coefficient (Wildman–Crippen LogP) is 4.05. The first-order valence-corrected chi connectivity index (χ1v) is 12.4. The van der Waals surface area contributed by atoms with Crippen molar-refractivity contribution in [2.45, 2.75) is 23.9 Å². The Bertz CT molecular complexity index is 1370. The molecule has 1 atom stereocenters. The van der Waals surface area contributed by atoms with Crippen LogP contribution in [0.25, 0.3) is 10.8 Å². The molecule has 0 saturated heterocycles. The molecule has 1 amide bonds. The third kappa shape index (κ3) is 5.81. The second-order valence-electron chi connectivity index (χ2n) is 7.94. The average molecular weight is 475 g/mol. The van der Waals surface area contributed by atoms with Crippen molar-refractivity contribution >= 4 is 26.7 Å². The maximum absolute atomic E-state index is 13.2. The van der Waals surface area contributed by atoms with E-state index in [-0.39, 0.29) is 17.9 Å². The summed E-state index contributed by atoms with van der Waals surface area (Å²) in [5, 5.41) is 4.61. The van der Waals surface area contributed by atoms with Gasteiger partial charge in [0.2, 0.25) is 15.9 Å². The Morgan fingerprint density at radius 1 is 0.824 bits per heavy atom. The van der Waals surface area contributed by atoms with E-state index >= 15 is 0 Å². The number of amides is 1. The number of nitrogens with one attached hydrogen (secondary N) is 2. The number of carbonyl (C=O) groups is 1. The van der Waals surface area contributed by atoms with Crippen LogP contribution in [-0.2, 0) is 27.8 Å². The molecule has 1 unspecified atom stereocenters. The molecule has 2 N–H and O–H groups in total. The van der Waals surface area contributed by atoms with Crippen LogP contribution in [0.3, 0.4) is 0 Å². The van der Waals surface area contributed by atoms with Crippen molar-refractivity contribution in [3.8, 4) is 5.75 Å². The number of carbonyl (C=O) groups excluding carboxylic acids is 1. The number of hydrogen-bond acceptors (Lipinski definition) is 4. The maximum Gasteiger partial charge on any atom is 0.241 e. The van der Waals surface area contributed by atoms with E-state index in [0.29, 0.717) is 0 Å². The van der Waals surface area contributed by atoms with Crippen LogP contribution in [0, 0.1) is 0 Å². The molecule has 0 aromatic heterocycles. The quantitative estimate of drug-likeness (QED) is 0.383. The molecule has 0 aliphatic rings. The molecule has 0 radical (unpaired) electrons. The number of rotatable bonds is 9. The smallest absolute Gasteiger partial charge is 0.241 e. The highest BCUT2D eigenvalue weighted by atomic mass is 32.2. The number of ether oxygens (including phenoxy) is 1. The fourth-order valence-electron chi connectivity index (χ4n) is 3.68. The number of methoxy groups -OCH3 is 1. The summed E-state index contributed by atoms with van der Waals surface area (Å²) in [4.78, 5) is 13.2. The molecule has 4 aromatic rings. The van der Waals surface area contributed by atoms with Crippen LogP contribution in [0.2, 0.25) is 0 Å². The van der Waals surface area contributed by atoms with E-state index in [0.717, 1.165) is 27.6 Å². The van der Waals surface area contributed by atoms with Gasteiger partial charge < -0.3 is 10.1 Å². The topological polar surface area (TPSA) is 84.5 Å². The van der Waals surface area contributed by atoms with E-state index in [1.54, 1.807) is 25.3 Å². The lowest BCUT2D eigenvalue weighted by atomic mass is 10.1. The monoisotopic (exact) mass is 474 g/mol. The second kappa shape index (κ2) is 10.5. The van der Waals surface area contributed by atoms with Gasteiger partial charge in [0.15, 0.2) is 0 Å². The molecule has 0 fully saturated rings. The van der Waals surface area contributed by atoms with Gasteiger partial charge in [-0.3, -0.25) is 4.79 Å². The maximum atomic E-state index is 13.2. The minimum Gasteiger partial charge on any atom is -0.497 e. The molecule has 0 saturated carbocycles. The summed E-state index contributed by atoms with van der Waals surface area (Å²) >= 11 is 0. The van der Waals surface area contributed by atoms with Crippen LogP contribution < -0.4 is 14.8 Å². The van der Waals surface area contributed by atoms with Crippen LogP contribution in [0.15, 0.2) is 102 Å². The zero-order chi connectivity index (χ0) is 24.0. The van der Waals surface area contributed by atoms with Gasteiger partial charge in [0.25, 0.3) is 0 Å². The highest BCUT2D eigenvalue weighted by molar-refractivity contribution is 7.89. The normalized spacial score (nSPS) is 12.3. The number of fused-ring (bicyclic) bond motifs is 1. The van der Waals surface area contributed by atoms with Crippen molar-refractivity contribution in [2.75, 3.05) is 7.11 Å². The number of hydrogen-bond donors (Lipinski definition) is 2. The molecule has 34 heavy (non-hydrogen) atoms. The molecule has 174 valence electrons. The van der Waals surface area contributed by atoms with Gasteiger partial charge in [0.1, 0.15) is 11.8 Å². The van der Waals surface area contributed by atoms with Crippen molar-refractivity contribution < 1.29 is 17.9 Å². The molecule has 0 aliphatic carbocycles. The first-order chi connectivity index (χ1) is 16.4. The summed E-state index contributed by atoms with van der Waals surface area (Å²) in [6, 6.07) is 28.2. The third-order valence-electron chi connectivity index (χ3n) is 5.55. The molecule has 0 heterocycles. The number of benzene rings is 4. The van der Waals surface area contributed by atoms with Crippen LogP contribution >= 0.6 is 0 Å². The number of sulfonamides is 1. The average Bonchev–Trinajstić information content (AvgIpc) is 2.87. The lowest BCUT2D eigenvalue weighted by molar-refractivity contribution is -0.122. The molecule has 6 nitrogen and oxygen atoms in total. The summed E-state index contributed by atoms with van der Waals surface area (Å²) < 4.78 is 34.2. The zero-order valence-electron chi connectivity index (χ0n) is 18.8. The summed E-state index contributed by atoms with van der Waals surface area (Å²) in [7, 11) is -2.35. The molecular formula is C27H26N2O4S. The molecule has 0 aliphatic heterocycles. The second-order valence-corrected chi connectivity index (χ2v) is 9.65. The van der Waals surface area contributed by atoms with Gasteiger partial charge in [-0.15, -0.1) is 0 Å². The van der Waals surface area contributed by atoms with Gasteiger partial charge in [-0.05, 0) is 52.6 Å². The summed E-state index contributed by atoms with van der Waals surface area (Å²) in [5.74, 6) is 0.323. The van der Waals surface area contributed by atoms with Crippen LogP contribution in [-0.4, -0.2) is 27.5 Å². The highest BCUT2D eigenvalue weighted by Crippen LogP contribution is 2.19. The van der Waals surface area contributed by atoms with Gasteiger partial charge in [-0.25, -0.2) is 8.42 Å². The first kappa shape index (κ1) is 23.5. The lowest BCUT2D eigenvalue weighted by Crippen LogP contribution is -2.47. The van der Waals surface area contributed by atoms with Gasteiger partial charge >= 0.3 is 0 Å². The molecule has 4 aromatic carbocycles. The molecule has 7 heteroatoms. The largest absolute Gasteiger partial charge is 0.497 e. The lowest BCUT2D eigenvalue weighted by Gasteiger charge is -2.19. The molecule has 4 rings (SSSR count). The van der Waals surface area contributed by atoms with E-state index < -0.39 is 22.0 Å². The van der Waals surface area contributed by atoms with Gasteiger partial charge in [0.05, 0.1) is 12.0 Å². The summed E-state index contributed by atoms with van der Waals surface area (Å²) in [6.45, 7) is 0.270.